The molecule has 0 fully saturated rings. The van der Waals surface area contributed by atoms with Crippen LogP contribution in [0.5, 0.6) is 0 Å². The molecule has 3 rings (SSSR count). The molecule has 0 amide bonds. The number of aromatic amines is 1. The third-order valence-corrected chi connectivity index (χ3v) is 4.26. The number of benzene rings is 1. The molecule has 0 unspecified atom stereocenters. The highest BCUT2D eigenvalue weighted by Crippen LogP contribution is 2.26. The SMILES string of the molecule is CCc1nc(N)nc2[nH]c(C)c(CCc3ccc(C(=O)O)cc3)c12. The number of fused-ring (bicyclic) bond motifs is 1. The number of H-pyrrole nitrogens is 1. The first-order chi connectivity index (χ1) is 11.5. The van der Waals surface area contributed by atoms with E-state index in [1.807, 2.05) is 19.1 Å². The predicted molar refractivity (Wildman–Crippen MR) is 93.2 cm³/mol. The Hall–Kier alpha value is -2.89. The van der Waals surface area contributed by atoms with Gasteiger partial charge in [-0.2, -0.15) is 4.98 Å². The van der Waals surface area contributed by atoms with Gasteiger partial charge in [0.2, 0.25) is 5.95 Å². The van der Waals surface area contributed by atoms with Gasteiger partial charge in [-0.1, -0.05) is 19.1 Å². The van der Waals surface area contributed by atoms with Gasteiger partial charge >= 0.3 is 5.97 Å². The highest BCUT2D eigenvalue weighted by Gasteiger charge is 2.15. The summed E-state index contributed by atoms with van der Waals surface area (Å²) in [5, 5.41) is 10.0. The number of anilines is 1. The van der Waals surface area contributed by atoms with Crippen LogP contribution < -0.4 is 5.73 Å². The third-order valence-electron chi connectivity index (χ3n) is 4.26. The second-order valence-corrected chi connectivity index (χ2v) is 5.84. The number of rotatable bonds is 5. The van der Waals surface area contributed by atoms with E-state index in [-0.39, 0.29) is 5.95 Å². The molecule has 6 heteroatoms. The van der Waals surface area contributed by atoms with Gasteiger partial charge in [-0.05, 0) is 49.4 Å². The minimum Gasteiger partial charge on any atom is -0.478 e. The van der Waals surface area contributed by atoms with Crippen LogP contribution in [0.4, 0.5) is 5.95 Å². The van der Waals surface area contributed by atoms with Crippen molar-refractivity contribution in [3.05, 3.63) is 52.3 Å². The summed E-state index contributed by atoms with van der Waals surface area (Å²) in [6, 6.07) is 7.01. The van der Waals surface area contributed by atoms with E-state index in [0.717, 1.165) is 47.2 Å². The normalized spacial score (nSPS) is 11.1. The molecule has 0 atom stereocenters. The molecule has 0 bridgehead atoms. The van der Waals surface area contributed by atoms with Crippen molar-refractivity contribution in [1.29, 1.82) is 0 Å². The van der Waals surface area contributed by atoms with Crippen molar-refractivity contribution in [3.8, 4) is 0 Å². The van der Waals surface area contributed by atoms with Crippen LogP contribution in [0.2, 0.25) is 0 Å². The average Bonchev–Trinajstić information content (AvgIpc) is 2.87. The van der Waals surface area contributed by atoms with Gasteiger partial charge in [-0.3, -0.25) is 0 Å². The Balaban J connectivity index is 1.90. The summed E-state index contributed by atoms with van der Waals surface area (Å²) in [7, 11) is 0. The number of carbonyl (C=O) groups is 1. The maximum absolute atomic E-state index is 10.9. The standard InChI is InChI=1S/C18H20N4O2/c1-3-14-15-13(10(2)20-16(15)22-18(19)21-14)9-6-11-4-7-12(8-5-11)17(23)24/h4-5,7-8H,3,6,9H2,1-2H3,(H,23,24)(H3,19,20,21,22). The molecule has 0 saturated heterocycles. The van der Waals surface area contributed by atoms with E-state index in [9.17, 15) is 4.79 Å². The maximum Gasteiger partial charge on any atom is 0.335 e. The molecule has 0 saturated carbocycles. The summed E-state index contributed by atoms with van der Waals surface area (Å²) < 4.78 is 0. The molecule has 1 aromatic carbocycles. The first-order valence-corrected chi connectivity index (χ1v) is 7.95. The molecule has 124 valence electrons. The highest BCUT2D eigenvalue weighted by atomic mass is 16.4. The zero-order valence-corrected chi connectivity index (χ0v) is 13.8. The molecule has 3 aromatic rings. The molecule has 4 N–H and O–H groups in total. The van der Waals surface area contributed by atoms with Crippen LogP contribution in [-0.2, 0) is 19.3 Å². The lowest BCUT2D eigenvalue weighted by Gasteiger charge is -2.06. The molecule has 2 aromatic heterocycles. The minimum atomic E-state index is -0.906. The second-order valence-electron chi connectivity index (χ2n) is 5.84. The summed E-state index contributed by atoms with van der Waals surface area (Å²) in [6.45, 7) is 4.08. The van der Waals surface area contributed by atoms with Crippen LogP contribution in [0.25, 0.3) is 11.0 Å². The summed E-state index contributed by atoms with van der Waals surface area (Å²) >= 11 is 0. The lowest BCUT2D eigenvalue weighted by atomic mass is 10.0. The largest absolute Gasteiger partial charge is 0.478 e. The van der Waals surface area contributed by atoms with Crippen LogP contribution in [-0.4, -0.2) is 26.0 Å². The minimum absolute atomic E-state index is 0.288. The molecule has 0 aliphatic carbocycles. The fourth-order valence-corrected chi connectivity index (χ4v) is 3.03. The van der Waals surface area contributed by atoms with Crippen LogP contribution in [0, 0.1) is 6.92 Å². The fourth-order valence-electron chi connectivity index (χ4n) is 3.03. The quantitative estimate of drug-likeness (QED) is 0.669. The van der Waals surface area contributed by atoms with E-state index in [0.29, 0.717) is 5.56 Å². The topological polar surface area (TPSA) is 105 Å². The molecule has 0 radical (unpaired) electrons. The Kier molecular flexibility index (Phi) is 4.20. The van der Waals surface area contributed by atoms with Crippen LogP contribution in [0.1, 0.15) is 39.8 Å². The van der Waals surface area contributed by atoms with Gasteiger partial charge in [-0.15, -0.1) is 0 Å². The summed E-state index contributed by atoms with van der Waals surface area (Å²) in [4.78, 5) is 22.9. The van der Waals surface area contributed by atoms with Gasteiger partial charge < -0.3 is 15.8 Å². The number of carboxylic acid groups (broad SMARTS) is 1. The van der Waals surface area contributed by atoms with E-state index >= 15 is 0 Å². The lowest BCUT2D eigenvalue weighted by molar-refractivity contribution is 0.0697. The first kappa shape index (κ1) is 16.0. The Bertz CT molecular complexity index is 898. The number of carboxylic acids is 1. The number of hydrogen-bond acceptors (Lipinski definition) is 4. The molecule has 24 heavy (non-hydrogen) atoms. The van der Waals surface area contributed by atoms with Crippen LogP contribution >= 0.6 is 0 Å². The second kappa shape index (κ2) is 6.31. The molecule has 6 nitrogen and oxygen atoms in total. The fraction of sp³-hybridized carbons (Fsp3) is 0.278. The van der Waals surface area contributed by atoms with Crippen LogP contribution in [0.3, 0.4) is 0 Å². The number of nitrogens with two attached hydrogens (primary N) is 1. The van der Waals surface area contributed by atoms with E-state index < -0.39 is 5.97 Å². The molecule has 2 heterocycles. The van der Waals surface area contributed by atoms with Crippen molar-refractivity contribution in [2.45, 2.75) is 33.1 Å². The predicted octanol–water partition coefficient (Wildman–Crippen LogP) is 2.89. The summed E-state index contributed by atoms with van der Waals surface area (Å²) in [6.07, 6.45) is 2.45. The lowest BCUT2D eigenvalue weighted by Crippen LogP contribution is -2.01. The molecular weight excluding hydrogens is 304 g/mol. The van der Waals surface area contributed by atoms with Gasteiger partial charge in [0.15, 0.2) is 0 Å². The monoisotopic (exact) mass is 324 g/mol. The molecule has 0 aliphatic heterocycles. The highest BCUT2D eigenvalue weighted by molar-refractivity contribution is 5.87. The third kappa shape index (κ3) is 2.95. The van der Waals surface area contributed by atoms with E-state index in [4.69, 9.17) is 10.8 Å². The zero-order chi connectivity index (χ0) is 17.3. The van der Waals surface area contributed by atoms with Gasteiger partial charge in [0.05, 0.1) is 11.3 Å². The van der Waals surface area contributed by atoms with E-state index in [2.05, 4.69) is 21.9 Å². The van der Waals surface area contributed by atoms with Crippen LogP contribution in [0.15, 0.2) is 24.3 Å². The Morgan fingerprint density at radius 3 is 2.54 bits per heavy atom. The van der Waals surface area contributed by atoms with Crippen molar-refractivity contribution in [1.82, 2.24) is 15.0 Å². The molecule has 0 aliphatic rings. The molecule has 0 spiro atoms. The number of aromatic carboxylic acids is 1. The number of nitrogens with zero attached hydrogens (tertiary/aromatic N) is 2. The number of aryl methyl sites for hydroxylation is 4. The van der Waals surface area contributed by atoms with E-state index in [1.165, 1.54) is 5.56 Å². The Morgan fingerprint density at radius 2 is 1.92 bits per heavy atom. The number of nitrogens with one attached hydrogen (secondary N) is 1. The maximum atomic E-state index is 10.9. The smallest absolute Gasteiger partial charge is 0.335 e. The number of aromatic nitrogens is 3. The van der Waals surface area contributed by atoms with Crippen molar-refractivity contribution in [3.63, 3.8) is 0 Å². The first-order valence-electron chi connectivity index (χ1n) is 7.95. The average molecular weight is 324 g/mol. The summed E-state index contributed by atoms with van der Waals surface area (Å²) in [5.74, 6) is -0.618. The van der Waals surface area contributed by atoms with Gasteiger partial charge in [0, 0.05) is 11.1 Å². The Morgan fingerprint density at radius 1 is 1.21 bits per heavy atom. The van der Waals surface area contributed by atoms with Gasteiger partial charge in [-0.25, -0.2) is 9.78 Å². The summed E-state index contributed by atoms with van der Waals surface area (Å²) in [5.41, 5.74) is 11.2. The van der Waals surface area contributed by atoms with Gasteiger partial charge in [0.25, 0.3) is 0 Å². The number of hydrogen-bond donors (Lipinski definition) is 3. The van der Waals surface area contributed by atoms with Gasteiger partial charge in [0.1, 0.15) is 5.65 Å². The van der Waals surface area contributed by atoms with Crippen molar-refractivity contribution >= 4 is 23.0 Å². The van der Waals surface area contributed by atoms with Crippen molar-refractivity contribution in [2.75, 3.05) is 5.73 Å². The van der Waals surface area contributed by atoms with E-state index in [1.54, 1.807) is 12.1 Å². The zero-order valence-electron chi connectivity index (χ0n) is 13.8. The molecular formula is C18H20N4O2. The van der Waals surface area contributed by atoms with Crippen molar-refractivity contribution < 1.29 is 9.90 Å². The number of nitrogen functional groups attached to an aromatic ring is 1. The van der Waals surface area contributed by atoms with Crippen molar-refractivity contribution in [2.24, 2.45) is 0 Å². The Labute approximate surface area is 139 Å².